The van der Waals surface area contributed by atoms with Gasteiger partial charge in [-0.25, -0.2) is 9.59 Å². The van der Waals surface area contributed by atoms with Crippen LogP contribution in [0.1, 0.15) is 16.6 Å². The second-order valence-corrected chi connectivity index (χ2v) is 5.65. The third kappa shape index (κ3) is 4.36. The Balaban J connectivity index is 0.000000207. The quantitative estimate of drug-likeness (QED) is 0.735. The van der Waals surface area contributed by atoms with Crippen molar-refractivity contribution in [3.05, 3.63) is 60.2 Å². The number of carbonyl (C=O) groups is 2. The maximum atomic E-state index is 9.55. The van der Waals surface area contributed by atoms with Gasteiger partial charge in [0.05, 0.1) is 11.4 Å². The molecule has 0 amide bonds. The molecule has 7 nitrogen and oxygen atoms in total. The van der Waals surface area contributed by atoms with Crippen molar-refractivity contribution < 1.29 is 19.8 Å². The Morgan fingerprint density at radius 2 is 2.00 bits per heavy atom. The van der Waals surface area contributed by atoms with E-state index in [4.69, 9.17) is 15.9 Å². The topological polar surface area (TPSA) is 118 Å². The van der Waals surface area contributed by atoms with Crippen molar-refractivity contribution in [1.29, 1.82) is 0 Å². The van der Waals surface area contributed by atoms with Crippen molar-refractivity contribution >= 4 is 29.4 Å². The van der Waals surface area contributed by atoms with Crippen molar-refractivity contribution in [3.63, 3.8) is 0 Å². The van der Waals surface area contributed by atoms with E-state index in [0.29, 0.717) is 17.5 Å². The number of aromatic nitrogens is 2. The van der Waals surface area contributed by atoms with Gasteiger partial charge in [-0.05, 0) is 12.1 Å². The van der Waals surface area contributed by atoms with E-state index in [1.165, 1.54) is 11.3 Å². The number of aliphatic carboxylic acids is 2. The van der Waals surface area contributed by atoms with Crippen LogP contribution in [-0.4, -0.2) is 31.7 Å². The van der Waals surface area contributed by atoms with Gasteiger partial charge in [0.15, 0.2) is 0 Å². The van der Waals surface area contributed by atoms with Crippen molar-refractivity contribution in [2.75, 3.05) is 5.73 Å². The number of nitrogens with zero attached hydrogens (tertiary/aromatic N) is 2. The molecular weight excluding hydrogens is 318 g/mol. The first kappa shape index (κ1) is 16.6. The predicted octanol–water partition coefficient (Wildman–Crippen LogP) is 1.97. The molecule has 1 atom stereocenters. The zero-order chi connectivity index (χ0) is 16.8. The van der Waals surface area contributed by atoms with Crippen molar-refractivity contribution in [1.82, 2.24) is 9.55 Å². The third-order valence-corrected chi connectivity index (χ3v) is 4.28. The fourth-order valence-corrected chi connectivity index (χ4v) is 3.35. The molecule has 1 unspecified atom stereocenters. The summed E-state index contributed by atoms with van der Waals surface area (Å²) < 4.78 is 2.23. The first-order valence-corrected chi connectivity index (χ1v) is 7.64. The van der Waals surface area contributed by atoms with Gasteiger partial charge < -0.3 is 20.5 Å². The monoisotopic (exact) mass is 333 g/mol. The van der Waals surface area contributed by atoms with Gasteiger partial charge >= 0.3 is 11.9 Å². The molecule has 3 rings (SSSR count). The summed E-state index contributed by atoms with van der Waals surface area (Å²) in [5, 5.41) is 16.0. The van der Waals surface area contributed by atoms with Crippen LogP contribution >= 0.6 is 11.8 Å². The number of hydrogen-bond donors (Lipinski definition) is 3. The molecule has 1 aliphatic heterocycles. The summed E-state index contributed by atoms with van der Waals surface area (Å²) in [4.78, 5) is 23.3. The Morgan fingerprint density at radius 3 is 2.57 bits per heavy atom. The minimum absolute atomic E-state index is 0.339. The fraction of sp³-hybridized carbons (Fsp3) is 0.133. The second-order valence-electron chi connectivity index (χ2n) is 4.58. The average molecular weight is 333 g/mol. The Hall–Kier alpha value is -2.74. The van der Waals surface area contributed by atoms with E-state index in [9.17, 15) is 9.59 Å². The number of hydrogen-bond acceptors (Lipinski definition) is 5. The van der Waals surface area contributed by atoms with Gasteiger partial charge in [-0.1, -0.05) is 6.07 Å². The number of pyridine rings is 1. The Kier molecular flexibility index (Phi) is 5.42. The molecule has 0 aromatic carbocycles. The molecular formula is C15H15N3O4S. The Labute approximate surface area is 136 Å². The summed E-state index contributed by atoms with van der Waals surface area (Å²) >= 11 is 1.89. The van der Waals surface area contributed by atoms with Gasteiger partial charge in [0.2, 0.25) is 0 Å². The summed E-state index contributed by atoms with van der Waals surface area (Å²) in [6.45, 7) is 0. The number of carboxylic acid groups (broad SMARTS) is 2. The fourth-order valence-electron chi connectivity index (χ4n) is 2.03. The van der Waals surface area contributed by atoms with Crippen LogP contribution in [0.15, 0.2) is 48.9 Å². The van der Waals surface area contributed by atoms with Gasteiger partial charge in [0, 0.05) is 42.1 Å². The molecule has 0 saturated carbocycles. The van der Waals surface area contributed by atoms with Gasteiger partial charge in [0.25, 0.3) is 0 Å². The van der Waals surface area contributed by atoms with E-state index in [-0.39, 0.29) is 0 Å². The number of nitrogens with two attached hydrogens (primary N) is 1. The molecule has 8 heteroatoms. The highest BCUT2D eigenvalue weighted by molar-refractivity contribution is 7.99. The standard InChI is InChI=1S/C11H11N3S.C4H4O4/c12-9-3-5-14-10(9)7-15-11(14)8-2-1-4-13-6-8;5-3(6)1-2-4(7)8/h1-6,11H,7,12H2;1-2H,(H,5,6)(H,7,8). The molecule has 0 spiro atoms. The van der Waals surface area contributed by atoms with Crippen molar-refractivity contribution in [3.8, 4) is 0 Å². The number of fused-ring (bicyclic) bond motifs is 1. The Morgan fingerprint density at radius 1 is 1.30 bits per heavy atom. The third-order valence-electron chi connectivity index (χ3n) is 3.03. The van der Waals surface area contributed by atoms with Crippen LogP contribution in [0, 0.1) is 0 Å². The van der Waals surface area contributed by atoms with Crippen LogP contribution in [0.5, 0.6) is 0 Å². The van der Waals surface area contributed by atoms with E-state index in [2.05, 4.69) is 21.8 Å². The van der Waals surface area contributed by atoms with Gasteiger partial charge in [0.1, 0.15) is 5.37 Å². The molecule has 0 bridgehead atoms. The van der Waals surface area contributed by atoms with Crippen LogP contribution in [0.2, 0.25) is 0 Å². The molecule has 1 aliphatic rings. The molecule has 0 saturated heterocycles. The first-order valence-electron chi connectivity index (χ1n) is 6.59. The molecule has 0 radical (unpaired) electrons. The lowest BCUT2D eigenvalue weighted by molar-refractivity contribution is -0.134. The molecule has 23 heavy (non-hydrogen) atoms. The van der Waals surface area contributed by atoms with Gasteiger partial charge in [-0.15, -0.1) is 11.8 Å². The molecule has 0 aliphatic carbocycles. The van der Waals surface area contributed by atoms with Gasteiger partial charge in [-0.3, -0.25) is 4.98 Å². The second kappa shape index (κ2) is 7.50. The van der Waals surface area contributed by atoms with Gasteiger partial charge in [-0.2, -0.15) is 0 Å². The number of rotatable bonds is 3. The van der Waals surface area contributed by atoms with Crippen LogP contribution in [0.3, 0.4) is 0 Å². The molecule has 2 aromatic heterocycles. The largest absolute Gasteiger partial charge is 0.478 e. The first-order chi connectivity index (χ1) is 11.0. The smallest absolute Gasteiger partial charge is 0.328 e. The highest BCUT2D eigenvalue weighted by atomic mass is 32.2. The molecule has 3 heterocycles. The zero-order valence-corrected chi connectivity index (χ0v) is 12.8. The SMILES string of the molecule is Nc1ccn2c1CSC2c1cccnc1.O=C(O)C=CC(=O)O. The van der Waals surface area contributed by atoms with E-state index >= 15 is 0 Å². The summed E-state index contributed by atoms with van der Waals surface area (Å²) in [6, 6.07) is 6.05. The lowest BCUT2D eigenvalue weighted by atomic mass is 10.3. The van der Waals surface area contributed by atoms with Crippen LogP contribution in [0.25, 0.3) is 0 Å². The van der Waals surface area contributed by atoms with Crippen molar-refractivity contribution in [2.24, 2.45) is 0 Å². The zero-order valence-electron chi connectivity index (χ0n) is 12.0. The summed E-state index contributed by atoms with van der Waals surface area (Å²) in [5.74, 6) is -1.53. The highest BCUT2D eigenvalue weighted by Crippen LogP contribution is 2.42. The van der Waals surface area contributed by atoms with Crippen molar-refractivity contribution in [2.45, 2.75) is 11.1 Å². The predicted molar refractivity (Wildman–Crippen MR) is 86.9 cm³/mol. The molecule has 4 N–H and O–H groups in total. The minimum atomic E-state index is -1.26. The number of anilines is 1. The summed E-state index contributed by atoms with van der Waals surface area (Å²) in [7, 11) is 0. The van der Waals surface area contributed by atoms with E-state index in [1.807, 2.05) is 30.1 Å². The summed E-state index contributed by atoms with van der Waals surface area (Å²) in [6.07, 6.45) is 6.89. The molecule has 0 fully saturated rings. The maximum Gasteiger partial charge on any atom is 0.328 e. The minimum Gasteiger partial charge on any atom is -0.478 e. The molecule has 120 valence electrons. The van der Waals surface area contributed by atoms with Crippen LogP contribution < -0.4 is 5.73 Å². The van der Waals surface area contributed by atoms with Crippen LogP contribution in [-0.2, 0) is 15.3 Å². The number of carboxylic acids is 2. The lowest BCUT2D eigenvalue weighted by Crippen LogP contribution is -2.02. The Bertz CT molecular complexity index is 712. The average Bonchev–Trinajstić information content (AvgIpc) is 3.10. The lowest BCUT2D eigenvalue weighted by Gasteiger charge is -2.11. The van der Waals surface area contributed by atoms with E-state index in [0.717, 1.165) is 11.4 Å². The molecule has 2 aromatic rings. The summed E-state index contributed by atoms with van der Waals surface area (Å²) in [5.41, 5.74) is 9.24. The van der Waals surface area contributed by atoms with E-state index in [1.54, 1.807) is 6.20 Å². The van der Waals surface area contributed by atoms with Crippen LogP contribution in [0.4, 0.5) is 5.69 Å². The normalized spacial score (nSPS) is 15.7. The highest BCUT2D eigenvalue weighted by Gasteiger charge is 2.25. The van der Waals surface area contributed by atoms with E-state index < -0.39 is 11.9 Å². The maximum absolute atomic E-state index is 9.55. The number of thioether (sulfide) groups is 1. The number of nitrogen functional groups attached to an aromatic ring is 1.